The van der Waals surface area contributed by atoms with Crippen LogP contribution >= 0.6 is 0 Å². The highest BCUT2D eigenvalue weighted by atomic mass is 15.0. The summed E-state index contributed by atoms with van der Waals surface area (Å²) in [5.41, 5.74) is 0. The van der Waals surface area contributed by atoms with E-state index in [0.29, 0.717) is 0 Å². The summed E-state index contributed by atoms with van der Waals surface area (Å²) in [7, 11) is 0. The zero-order valence-corrected chi connectivity index (χ0v) is 10.5. The Hall–Kier alpha value is -0.0400. The summed E-state index contributed by atoms with van der Waals surface area (Å²) in [6.45, 7) is 2.42. The average molecular weight is 219 g/mol. The molecule has 0 aromatic carbocycles. The fourth-order valence-electron chi connectivity index (χ4n) is 5.17. The molecule has 4 fully saturated rings. The monoisotopic (exact) mass is 219 g/mol. The van der Waals surface area contributed by atoms with Gasteiger partial charge in [0, 0.05) is 12.1 Å². The summed E-state index contributed by atoms with van der Waals surface area (Å²) in [6, 6.07) is 1.74. The van der Waals surface area contributed by atoms with Gasteiger partial charge in [-0.05, 0) is 62.2 Å². The van der Waals surface area contributed by atoms with Gasteiger partial charge in [-0.2, -0.15) is 0 Å². The van der Waals surface area contributed by atoms with Gasteiger partial charge < -0.3 is 5.32 Å². The maximum absolute atomic E-state index is 3.96. The molecule has 0 spiro atoms. The normalized spacial score (nSPS) is 51.2. The Balaban J connectivity index is 1.29. The van der Waals surface area contributed by atoms with Gasteiger partial charge in [0.15, 0.2) is 0 Å². The van der Waals surface area contributed by atoms with Crippen LogP contribution in [0.15, 0.2) is 0 Å². The molecular formula is C15H25N. The molecule has 1 nitrogen and oxygen atoms in total. The first-order chi connectivity index (χ1) is 7.83. The van der Waals surface area contributed by atoms with Crippen LogP contribution in [-0.4, -0.2) is 12.1 Å². The standard InChI is InChI=1S/C15H25N/c1-9(7-10-3-2-4-10)16-15-13-11-5-6-12(8-11)14(13)15/h9-16H,2-8H2,1H3. The molecule has 4 rings (SSSR count). The maximum Gasteiger partial charge on any atom is 0.0138 e. The quantitative estimate of drug-likeness (QED) is 0.765. The first-order valence-corrected chi connectivity index (χ1v) is 7.59. The van der Waals surface area contributed by atoms with Crippen molar-refractivity contribution in [3.8, 4) is 0 Å². The SMILES string of the molecule is CC(CC1CCC1)NC1C2C3CCC(C3)C12. The van der Waals surface area contributed by atoms with Crippen LogP contribution in [0.4, 0.5) is 0 Å². The van der Waals surface area contributed by atoms with Crippen molar-refractivity contribution in [1.29, 1.82) is 0 Å². The largest absolute Gasteiger partial charge is 0.311 e. The van der Waals surface area contributed by atoms with Gasteiger partial charge in [0.2, 0.25) is 0 Å². The summed E-state index contributed by atoms with van der Waals surface area (Å²) in [5.74, 6) is 5.55. The molecule has 4 saturated carbocycles. The van der Waals surface area contributed by atoms with Crippen LogP contribution < -0.4 is 5.32 Å². The third kappa shape index (κ3) is 1.40. The Morgan fingerprint density at radius 3 is 2.31 bits per heavy atom. The van der Waals surface area contributed by atoms with Crippen LogP contribution in [0.25, 0.3) is 0 Å². The Morgan fingerprint density at radius 1 is 1.06 bits per heavy atom. The van der Waals surface area contributed by atoms with Crippen LogP contribution in [0.5, 0.6) is 0 Å². The molecule has 4 aliphatic rings. The zero-order chi connectivity index (χ0) is 10.7. The van der Waals surface area contributed by atoms with Crippen molar-refractivity contribution in [1.82, 2.24) is 5.32 Å². The molecule has 5 unspecified atom stereocenters. The lowest BCUT2D eigenvalue weighted by Crippen LogP contribution is -2.34. The lowest BCUT2D eigenvalue weighted by Gasteiger charge is -2.29. The van der Waals surface area contributed by atoms with Crippen molar-refractivity contribution in [3.63, 3.8) is 0 Å². The van der Waals surface area contributed by atoms with E-state index >= 15 is 0 Å². The summed E-state index contributed by atoms with van der Waals surface area (Å²) in [4.78, 5) is 0. The minimum absolute atomic E-state index is 0.792. The third-order valence-corrected chi connectivity index (χ3v) is 6.12. The van der Waals surface area contributed by atoms with Gasteiger partial charge >= 0.3 is 0 Å². The Kier molecular flexibility index (Phi) is 2.16. The van der Waals surface area contributed by atoms with E-state index in [4.69, 9.17) is 0 Å². The molecule has 0 aliphatic heterocycles. The van der Waals surface area contributed by atoms with Crippen molar-refractivity contribution in [3.05, 3.63) is 0 Å². The van der Waals surface area contributed by atoms with E-state index in [-0.39, 0.29) is 0 Å². The Bertz CT molecular complexity index is 267. The van der Waals surface area contributed by atoms with Crippen LogP contribution in [0.3, 0.4) is 0 Å². The van der Waals surface area contributed by atoms with Crippen molar-refractivity contribution in [2.24, 2.45) is 29.6 Å². The Morgan fingerprint density at radius 2 is 1.75 bits per heavy atom. The zero-order valence-electron chi connectivity index (χ0n) is 10.5. The molecule has 4 aliphatic carbocycles. The molecule has 0 aromatic rings. The lowest BCUT2D eigenvalue weighted by atomic mass is 9.81. The highest BCUT2D eigenvalue weighted by Crippen LogP contribution is 2.65. The van der Waals surface area contributed by atoms with Crippen LogP contribution in [0, 0.1) is 29.6 Å². The summed E-state index contributed by atoms with van der Waals surface area (Å²) in [6.07, 6.45) is 10.7. The second-order valence-electron chi connectivity index (χ2n) is 7.11. The molecule has 5 atom stereocenters. The predicted octanol–water partition coefficient (Wildman–Crippen LogP) is 3.20. The molecule has 1 N–H and O–H groups in total. The van der Waals surface area contributed by atoms with Crippen molar-refractivity contribution < 1.29 is 0 Å². The van der Waals surface area contributed by atoms with E-state index in [0.717, 1.165) is 41.7 Å². The minimum Gasteiger partial charge on any atom is -0.311 e. The van der Waals surface area contributed by atoms with Gasteiger partial charge in [-0.1, -0.05) is 19.3 Å². The fourth-order valence-corrected chi connectivity index (χ4v) is 5.17. The van der Waals surface area contributed by atoms with E-state index in [9.17, 15) is 0 Å². The second kappa shape index (κ2) is 3.48. The van der Waals surface area contributed by atoms with Crippen molar-refractivity contribution in [2.75, 3.05) is 0 Å². The molecule has 0 radical (unpaired) electrons. The van der Waals surface area contributed by atoms with Crippen molar-refractivity contribution >= 4 is 0 Å². The number of hydrogen-bond donors (Lipinski definition) is 1. The summed E-state index contributed by atoms with van der Waals surface area (Å²) < 4.78 is 0. The third-order valence-electron chi connectivity index (χ3n) is 6.12. The number of fused-ring (bicyclic) bond motifs is 5. The average Bonchev–Trinajstić information content (AvgIpc) is 2.64. The molecule has 16 heavy (non-hydrogen) atoms. The van der Waals surface area contributed by atoms with Gasteiger partial charge in [0.05, 0.1) is 0 Å². The van der Waals surface area contributed by atoms with Gasteiger partial charge in [0.25, 0.3) is 0 Å². The lowest BCUT2D eigenvalue weighted by molar-refractivity contribution is 0.260. The summed E-state index contributed by atoms with van der Waals surface area (Å²) in [5, 5.41) is 3.96. The number of rotatable bonds is 4. The number of nitrogens with one attached hydrogen (secondary N) is 1. The fraction of sp³-hybridized carbons (Fsp3) is 1.00. The van der Waals surface area contributed by atoms with Crippen LogP contribution in [-0.2, 0) is 0 Å². The second-order valence-corrected chi connectivity index (χ2v) is 7.11. The summed E-state index contributed by atoms with van der Waals surface area (Å²) >= 11 is 0. The van der Waals surface area contributed by atoms with E-state index < -0.39 is 0 Å². The molecule has 0 amide bonds. The first-order valence-electron chi connectivity index (χ1n) is 7.59. The van der Waals surface area contributed by atoms with Gasteiger partial charge in [0.1, 0.15) is 0 Å². The minimum atomic E-state index is 0.792. The molecule has 90 valence electrons. The Labute approximate surface area is 99.4 Å². The van der Waals surface area contributed by atoms with E-state index in [1.165, 1.54) is 25.7 Å². The number of hydrogen-bond acceptors (Lipinski definition) is 1. The molecule has 0 saturated heterocycles. The highest BCUT2D eigenvalue weighted by molar-refractivity contribution is 5.17. The van der Waals surface area contributed by atoms with Gasteiger partial charge in [-0.25, -0.2) is 0 Å². The maximum atomic E-state index is 3.96. The molecule has 1 heteroatoms. The van der Waals surface area contributed by atoms with Crippen LogP contribution in [0.1, 0.15) is 51.9 Å². The van der Waals surface area contributed by atoms with E-state index in [1.54, 1.807) is 19.3 Å². The molecule has 2 bridgehead atoms. The highest BCUT2D eigenvalue weighted by Gasteiger charge is 2.64. The smallest absolute Gasteiger partial charge is 0.0138 e. The van der Waals surface area contributed by atoms with Gasteiger partial charge in [-0.3, -0.25) is 0 Å². The van der Waals surface area contributed by atoms with Crippen molar-refractivity contribution in [2.45, 2.75) is 64.0 Å². The topological polar surface area (TPSA) is 12.0 Å². The molecule has 0 heterocycles. The van der Waals surface area contributed by atoms with E-state index in [2.05, 4.69) is 12.2 Å². The molecular weight excluding hydrogens is 194 g/mol. The van der Waals surface area contributed by atoms with Crippen LogP contribution in [0.2, 0.25) is 0 Å². The van der Waals surface area contributed by atoms with E-state index in [1.807, 2.05) is 0 Å². The molecule has 0 aromatic heterocycles. The first kappa shape index (κ1) is 9.94. The van der Waals surface area contributed by atoms with Gasteiger partial charge in [-0.15, -0.1) is 0 Å². The predicted molar refractivity (Wildman–Crippen MR) is 66.2 cm³/mol.